The van der Waals surface area contributed by atoms with Crippen LogP contribution in [0.25, 0.3) is 10.4 Å². The van der Waals surface area contributed by atoms with Crippen molar-refractivity contribution in [3.05, 3.63) is 10.4 Å². The van der Waals surface area contributed by atoms with E-state index in [0.29, 0.717) is 0 Å². The first-order chi connectivity index (χ1) is 4.70. The maximum Gasteiger partial charge on any atom is 0.305 e. The molecule has 64 valence electrons. The molecule has 0 aromatic rings. The minimum absolute atomic E-state index is 0. The first-order valence-corrected chi connectivity index (χ1v) is 2.81. The topological polar surface area (TPSA) is 75.1 Å². The van der Waals surface area contributed by atoms with Crippen LogP contribution in [0.1, 0.15) is 20.8 Å². The molecule has 0 saturated heterocycles. The summed E-state index contributed by atoms with van der Waals surface area (Å²) in [5.41, 5.74) is 7.93. The molecule has 0 aromatic heterocycles. The molecule has 0 amide bonds. The van der Waals surface area contributed by atoms with Gasteiger partial charge in [0.2, 0.25) is 0 Å². The molecule has 0 aliphatic heterocycles. The number of nitrogens with zero attached hydrogens (tertiary/aromatic N) is 3. The van der Waals surface area contributed by atoms with Crippen LogP contribution in [0.3, 0.4) is 0 Å². The van der Waals surface area contributed by atoms with Gasteiger partial charge in [-0.05, 0) is 5.53 Å². The van der Waals surface area contributed by atoms with Crippen molar-refractivity contribution in [1.29, 1.82) is 0 Å². The maximum atomic E-state index is 10.5. The number of hydrogen-bond acceptors (Lipinski definition) is 3. The van der Waals surface area contributed by atoms with Gasteiger partial charge < -0.3 is 4.74 Å². The molecule has 0 aliphatic rings. The van der Waals surface area contributed by atoms with Crippen molar-refractivity contribution in [3.8, 4) is 0 Å². The number of ether oxygens (including phenoxy) is 1. The van der Waals surface area contributed by atoms with Gasteiger partial charge in [0.1, 0.15) is 0 Å². The SMILES string of the molecule is C.COC(=O)C[C@@H](C)N=[N+]=[N-]. The number of carbonyl (C=O) groups excluding carboxylic acids is 1. The Kier molecular flexibility index (Phi) is 7.81. The monoisotopic (exact) mass is 159 g/mol. The second-order valence-electron chi connectivity index (χ2n) is 1.83. The van der Waals surface area contributed by atoms with Crippen molar-refractivity contribution < 1.29 is 9.53 Å². The van der Waals surface area contributed by atoms with Crippen molar-refractivity contribution in [2.75, 3.05) is 7.11 Å². The lowest BCUT2D eigenvalue weighted by Gasteiger charge is -1.99. The second kappa shape index (κ2) is 6.89. The van der Waals surface area contributed by atoms with E-state index in [0.717, 1.165) is 0 Å². The maximum absolute atomic E-state index is 10.5. The Morgan fingerprint density at radius 3 is 2.73 bits per heavy atom. The predicted octanol–water partition coefficient (Wildman–Crippen LogP) is 1.88. The zero-order chi connectivity index (χ0) is 7.98. The number of azide groups is 1. The molecule has 0 N–H and O–H groups in total. The Labute approximate surface area is 66.0 Å². The molecule has 0 radical (unpaired) electrons. The third-order valence-corrected chi connectivity index (χ3v) is 0.939. The molecule has 11 heavy (non-hydrogen) atoms. The Balaban J connectivity index is 0. The predicted molar refractivity (Wildman–Crippen MR) is 42.0 cm³/mol. The Hall–Kier alpha value is -1.22. The van der Waals surface area contributed by atoms with E-state index in [9.17, 15) is 4.79 Å². The van der Waals surface area contributed by atoms with Gasteiger partial charge in [0.05, 0.1) is 13.5 Å². The van der Waals surface area contributed by atoms with Gasteiger partial charge in [-0.1, -0.05) is 19.5 Å². The summed E-state index contributed by atoms with van der Waals surface area (Å²) in [5, 5.41) is 3.29. The zero-order valence-electron chi connectivity index (χ0n) is 5.94. The molecule has 0 fully saturated rings. The first kappa shape index (κ1) is 12.5. The summed E-state index contributed by atoms with van der Waals surface area (Å²) in [5.74, 6) is -0.361. The molecule has 0 aromatic carbocycles. The second-order valence-corrected chi connectivity index (χ2v) is 1.83. The third-order valence-electron chi connectivity index (χ3n) is 0.939. The van der Waals surface area contributed by atoms with E-state index in [2.05, 4.69) is 14.8 Å². The fourth-order valence-corrected chi connectivity index (χ4v) is 0.454. The van der Waals surface area contributed by atoms with Crippen molar-refractivity contribution >= 4 is 5.97 Å². The molecule has 0 bridgehead atoms. The smallest absolute Gasteiger partial charge is 0.305 e. The number of esters is 1. The lowest BCUT2D eigenvalue weighted by molar-refractivity contribution is -0.140. The van der Waals surface area contributed by atoms with E-state index in [4.69, 9.17) is 5.53 Å². The summed E-state index contributed by atoms with van der Waals surface area (Å²) in [4.78, 5) is 13.0. The molecule has 5 nitrogen and oxygen atoms in total. The quantitative estimate of drug-likeness (QED) is 0.273. The zero-order valence-corrected chi connectivity index (χ0v) is 5.94. The highest BCUT2D eigenvalue weighted by Gasteiger charge is 2.05. The van der Waals surface area contributed by atoms with E-state index in [1.807, 2.05) is 0 Å². The molecule has 0 unspecified atom stereocenters. The molecule has 0 saturated carbocycles. The van der Waals surface area contributed by atoms with Crippen LogP contribution >= 0.6 is 0 Å². The van der Waals surface area contributed by atoms with E-state index in [1.54, 1.807) is 6.92 Å². The Morgan fingerprint density at radius 2 is 2.36 bits per heavy atom. The normalized spacial score (nSPS) is 10.4. The lowest BCUT2D eigenvalue weighted by Crippen LogP contribution is -2.08. The average Bonchev–Trinajstić information content (AvgIpc) is 1.88. The molecular weight excluding hydrogens is 146 g/mol. The summed E-state index contributed by atoms with van der Waals surface area (Å²) >= 11 is 0. The van der Waals surface area contributed by atoms with Gasteiger partial charge in [-0.25, -0.2) is 0 Å². The van der Waals surface area contributed by atoms with Crippen molar-refractivity contribution in [2.45, 2.75) is 26.8 Å². The highest BCUT2D eigenvalue weighted by molar-refractivity contribution is 5.69. The van der Waals surface area contributed by atoms with Crippen LogP contribution in [0.4, 0.5) is 0 Å². The molecular formula is C6H13N3O2. The summed E-state index contributed by atoms with van der Waals surface area (Å²) < 4.78 is 4.34. The van der Waals surface area contributed by atoms with E-state index in [-0.39, 0.29) is 25.9 Å². The fourth-order valence-electron chi connectivity index (χ4n) is 0.454. The van der Waals surface area contributed by atoms with Crippen LogP contribution in [0.15, 0.2) is 5.11 Å². The number of carbonyl (C=O) groups is 1. The highest BCUT2D eigenvalue weighted by Crippen LogP contribution is 1.97. The standard InChI is InChI=1S/C5H9N3O2.CH4/c1-4(7-8-6)3-5(9)10-2;/h4H,3H2,1-2H3;1H4/t4-;/m1./s1. The number of hydrogen-bond donors (Lipinski definition) is 0. The van der Waals surface area contributed by atoms with E-state index < -0.39 is 0 Å². The molecule has 0 rings (SSSR count). The number of rotatable bonds is 3. The molecule has 5 heteroatoms. The van der Waals surface area contributed by atoms with E-state index >= 15 is 0 Å². The first-order valence-electron chi connectivity index (χ1n) is 2.81. The van der Waals surface area contributed by atoms with Crippen LogP contribution < -0.4 is 0 Å². The highest BCUT2D eigenvalue weighted by atomic mass is 16.5. The van der Waals surface area contributed by atoms with E-state index in [1.165, 1.54) is 7.11 Å². The van der Waals surface area contributed by atoms with Gasteiger partial charge in [-0.3, -0.25) is 4.79 Å². The van der Waals surface area contributed by atoms with Crippen LogP contribution in [0.2, 0.25) is 0 Å². The minimum Gasteiger partial charge on any atom is -0.469 e. The molecule has 0 aliphatic carbocycles. The van der Waals surface area contributed by atoms with Crippen molar-refractivity contribution in [2.24, 2.45) is 5.11 Å². The third kappa shape index (κ3) is 6.67. The largest absolute Gasteiger partial charge is 0.469 e. The average molecular weight is 159 g/mol. The Morgan fingerprint density at radius 1 is 1.82 bits per heavy atom. The van der Waals surface area contributed by atoms with Gasteiger partial charge in [-0.2, -0.15) is 0 Å². The summed E-state index contributed by atoms with van der Waals surface area (Å²) in [6.07, 6.45) is 0.139. The minimum atomic E-state index is -0.361. The number of methoxy groups -OCH3 is 1. The van der Waals surface area contributed by atoms with Gasteiger partial charge in [-0.15, -0.1) is 0 Å². The van der Waals surface area contributed by atoms with Gasteiger partial charge in [0.25, 0.3) is 0 Å². The van der Waals surface area contributed by atoms with Crippen LogP contribution in [0, 0.1) is 0 Å². The lowest BCUT2D eigenvalue weighted by atomic mass is 10.2. The van der Waals surface area contributed by atoms with Crippen LogP contribution in [-0.2, 0) is 9.53 Å². The molecule has 0 heterocycles. The molecule has 1 atom stereocenters. The van der Waals surface area contributed by atoms with Crippen molar-refractivity contribution in [3.63, 3.8) is 0 Å². The fraction of sp³-hybridized carbons (Fsp3) is 0.833. The van der Waals surface area contributed by atoms with Gasteiger partial charge in [0.15, 0.2) is 0 Å². The van der Waals surface area contributed by atoms with Crippen LogP contribution in [-0.4, -0.2) is 19.1 Å². The van der Waals surface area contributed by atoms with Crippen molar-refractivity contribution in [1.82, 2.24) is 0 Å². The van der Waals surface area contributed by atoms with Gasteiger partial charge in [0, 0.05) is 11.0 Å². The molecule has 0 spiro atoms. The summed E-state index contributed by atoms with van der Waals surface area (Å²) in [6, 6.07) is -0.322. The summed E-state index contributed by atoms with van der Waals surface area (Å²) in [7, 11) is 1.30. The van der Waals surface area contributed by atoms with Gasteiger partial charge >= 0.3 is 5.97 Å². The summed E-state index contributed by atoms with van der Waals surface area (Å²) in [6.45, 7) is 1.65. The Bertz CT molecular complexity index is 163. The van der Waals surface area contributed by atoms with Crippen LogP contribution in [0.5, 0.6) is 0 Å².